The van der Waals surface area contributed by atoms with Crippen LogP contribution in [-0.4, -0.2) is 44.2 Å². The molecule has 2 N–H and O–H groups in total. The molecule has 30 heavy (non-hydrogen) atoms. The van der Waals surface area contributed by atoms with Crippen LogP contribution in [-0.2, 0) is 24.4 Å². The fourth-order valence-corrected chi connectivity index (χ4v) is 3.84. The molecule has 8 heteroatoms. The zero-order valence-electron chi connectivity index (χ0n) is 19.3. The van der Waals surface area contributed by atoms with Crippen molar-refractivity contribution in [3.63, 3.8) is 0 Å². The first-order valence-corrected chi connectivity index (χ1v) is 10.5. The molecule has 0 fully saturated rings. The molecule has 2 unspecified atom stereocenters. The summed E-state index contributed by atoms with van der Waals surface area (Å²) in [7, 11) is 3.20. The number of hydrogen-bond acceptors (Lipinski definition) is 5. The molecule has 0 bridgehead atoms. The van der Waals surface area contributed by atoms with Crippen LogP contribution in [0.3, 0.4) is 0 Å². The average molecular weight is 455 g/mol. The molecular formula is C22H33ClNO5Si. The summed E-state index contributed by atoms with van der Waals surface area (Å²) >= 11 is 6.22. The number of rotatable bonds is 7. The van der Waals surface area contributed by atoms with Crippen molar-refractivity contribution in [2.75, 3.05) is 0 Å². The van der Waals surface area contributed by atoms with E-state index in [2.05, 4.69) is 15.8 Å². The molecule has 0 saturated carbocycles. The summed E-state index contributed by atoms with van der Waals surface area (Å²) in [6.45, 7) is 15.8. The first-order valence-electron chi connectivity index (χ1n) is 9.71. The predicted octanol–water partition coefficient (Wildman–Crippen LogP) is 4.23. The lowest BCUT2D eigenvalue weighted by molar-refractivity contribution is -0.175. The Morgan fingerprint density at radius 1 is 1.03 bits per heavy atom. The van der Waals surface area contributed by atoms with Crippen LogP contribution in [0.15, 0.2) is 24.3 Å². The Morgan fingerprint density at radius 3 is 1.93 bits per heavy atom. The van der Waals surface area contributed by atoms with Crippen molar-refractivity contribution in [3.8, 4) is 0 Å². The van der Waals surface area contributed by atoms with Crippen LogP contribution >= 0.6 is 11.6 Å². The lowest BCUT2D eigenvalue weighted by Crippen LogP contribution is -2.74. The van der Waals surface area contributed by atoms with Crippen molar-refractivity contribution < 1.29 is 23.9 Å². The molecule has 3 radical (unpaired) electrons. The summed E-state index contributed by atoms with van der Waals surface area (Å²) in [5.74, 6) is -2.24. The van der Waals surface area contributed by atoms with Gasteiger partial charge in [0.15, 0.2) is 0 Å². The second kappa shape index (κ2) is 8.61. The van der Waals surface area contributed by atoms with Crippen molar-refractivity contribution in [3.05, 3.63) is 34.9 Å². The molecule has 3 atom stereocenters. The topological polar surface area (TPSA) is 84.9 Å². The minimum absolute atomic E-state index is 0.506. The quantitative estimate of drug-likeness (QED) is 0.364. The molecule has 0 amide bonds. The van der Waals surface area contributed by atoms with Gasteiger partial charge in [-0.15, -0.1) is 0 Å². The van der Waals surface area contributed by atoms with E-state index in [1.165, 1.54) is 6.92 Å². The fourth-order valence-electron chi connectivity index (χ4n) is 3.33. The maximum absolute atomic E-state index is 13.0. The van der Waals surface area contributed by atoms with Crippen molar-refractivity contribution in [1.82, 2.24) is 5.32 Å². The van der Waals surface area contributed by atoms with E-state index in [1.807, 2.05) is 33.8 Å². The number of carboxylic acid groups (broad SMARTS) is 1. The third-order valence-electron chi connectivity index (χ3n) is 5.77. The number of halogens is 1. The van der Waals surface area contributed by atoms with Crippen LogP contribution in [0, 0.1) is 5.41 Å². The van der Waals surface area contributed by atoms with Gasteiger partial charge in [-0.25, -0.2) is 9.59 Å². The van der Waals surface area contributed by atoms with Crippen molar-refractivity contribution >= 4 is 34.0 Å². The molecule has 0 saturated heterocycles. The highest BCUT2D eigenvalue weighted by molar-refractivity contribution is 6.30. The molecule has 0 aliphatic rings. The fraction of sp³-hybridized carbons (Fsp3) is 0.636. The standard InChI is InChI=1S/C22H33ClNO5Si/c1-18(2,3)22(9,21(8,29-30)14-11-10-12-15(23)13-14)24-20(7,16(25)26)17(27)28-19(4,5)6/h10-13,24H,1-9H3,(H,25,26)/t20-,21?,22?/m0/s1. The Bertz CT molecular complexity index is 803. The zero-order valence-corrected chi connectivity index (χ0v) is 21.0. The van der Waals surface area contributed by atoms with Gasteiger partial charge in [-0.3, -0.25) is 5.32 Å². The summed E-state index contributed by atoms with van der Waals surface area (Å²) in [6.07, 6.45) is 0. The number of carbonyl (C=O) groups excluding carboxylic acids is 1. The first kappa shape index (κ1) is 26.6. The first-order chi connectivity index (χ1) is 13.3. The number of carboxylic acids is 1. The summed E-state index contributed by atoms with van der Waals surface area (Å²) < 4.78 is 11.3. The van der Waals surface area contributed by atoms with Crippen molar-refractivity contribution in [2.45, 2.75) is 84.6 Å². The number of esters is 1. The lowest BCUT2D eigenvalue weighted by atomic mass is 9.62. The SMILES string of the molecule is CC(C)(C)OC(=O)[C@@](C)(NC(C)(C(C)(C)C)C(C)(O[Si])c1cccc(Cl)c1)C(=O)O. The van der Waals surface area contributed by atoms with Gasteiger partial charge in [0, 0.05) is 5.02 Å². The maximum Gasteiger partial charge on any atom is 0.338 e. The molecule has 0 heterocycles. The van der Waals surface area contributed by atoms with Crippen molar-refractivity contribution in [1.29, 1.82) is 0 Å². The second-order valence-electron chi connectivity index (χ2n) is 10.1. The summed E-state index contributed by atoms with van der Waals surface area (Å²) in [5, 5.41) is 13.7. The van der Waals surface area contributed by atoms with Gasteiger partial charge in [0.2, 0.25) is 16.0 Å². The average Bonchev–Trinajstić information content (AvgIpc) is 2.57. The number of benzene rings is 1. The highest BCUT2D eigenvalue weighted by Crippen LogP contribution is 2.48. The van der Waals surface area contributed by atoms with Crippen molar-refractivity contribution in [2.24, 2.45) is 5.41 Å². The van der Waals surface area contributed by atoms with Gasteiger partial charge in [0.1, 0.15) is 5.60 Å². The van der Waals surface area contributed by atoms with Crippen LogP contribution in [0.1, 0.15) is 67.9 Å². The molecule has 1 rings (SSSR count). The van der Waals surface area contributed by atoms with Crippen LogP contribution in [0.2, 0.25) is 5.02 Å². The van der Waals surface area contributed by atoms with Gasteiger partial charge in [0.25, 0.3) is 0 Å². The minimum Gasteiger partial charge on any atom is -0.479 e. The molecular weight excluding hydrogens is 422 g/mol. The predicted molar refractivity (Wildman–Crippen MR) is 119 cm³/mol. The lowest BCUT2D eigenvalue weighted by Gasteiger charge is -2.56. The molecule has 0 spiro atoms. The number of hydrogen-bond donors (Lipinski definition) is 2. The molecule has 0 aliphatic heterocycles. The van der Waals surface area contributed by atoms with Crippen LogP contribution < -0.4 is 5.32 Å². The summed E-state index contributed by atoms with van der Waals surface area (Å²) in [4.78, 5) is 25.3. The normalized spacial score (nSPS) is 18.6. The van der Waals surface area contributed by atoms with Gasteiger partial charge < -0.3 is 14.3 Å². The van der Waals surface area contributed by atoms with Crippen LogP contribution in [0.25, 0.3) is 0 Å². The molecule has 0 aromatic heterocycles. The van der Waals surface area contributed by atoms with E-state index in [0.717, 1.165) is 0 Å². The zero-order chi connectivity index (χ0) is 23.8. The number of ether oxygens (including phenoxy) is 1. The van der Waals surface area contributed by atoms with Gasteiger partial charge in [-0.2, -0.15) is 0 Å². The highest BCUT2D eigenvalue weighted by atomic mass is 35.5. The van der Waals surface area contributed by atoms with E-state index in [9.17, 15) is 14.7 Å². The number of aliphatic carboxylic acids is 1. The van der Waals surface area contributed by atoms with E-state index in [0.29, 0.717) is 10.6 Å². The highest BCUT2D eigenvalue weighted by Gasteiger charge is 2.59. The minimum atomic E-state index is -2.04. The number of nitrogens with one attached hydrogen (secondary N) is 1. The smallest absolute Gasteiger partial charge is 0.338 e. The van der Waals surface area contributed by atoms with E-state index in [-0.39, 0.29) is 0 Å². The van der Waals surface area contributed by atoms with Crippen LogP contribution in [0.4, 0.5) is 0 Å². The van der Waals surface area contributed by atoms with E-state index < -0.39 is 39.6 Å². The number of carbonyl (C=O) groups is 2. The molecule has 0 aliphatic carbocycles. The molecule has 6 nitrogen and oxygen atoms in total. The van der Waals surface area contributed by atoms with E-state index in [1.54, 1.807) is 45.9 Å². The third-order valence-corrected chi connectivity index (χ3v) is 6.41. The Kier molecular flexibility index (Phi) is 7.64. The largest absolute Gasteiger partial charge is 0.479 e. The van der Waals surface area contributed by atoms with Crippen LogP contribution in [0.5, 0.6) is 0 Å². The summed E-state index contributed by atoms with van der Waals surface area (Å²) in [6, 6.07) is 7.11. The summed E-state index contributed by atoms with van der Waals surface area (Å²) in [5.41, 5.74) is -5.01. The van der Waals surface area contributed by atoms with Gasteiger partial charge in [0.05, 0.1) is 11.1 Å². The van der Waals surface area contributed by atoms with E-state index >= 15 is 0 Å². The molecule has 1 aromatic carbocycles. The van der Waals surface area contributed by atoms with Gasteiger partial charge in [-0.1, -0.05) is 44.5 Å². The van der Waals surface area contributed by atoms with E-state index in [4.69, 9.17) is 20.8 Å². The third kappa shape index (κ3) is 5.07. The molecule has 1 aromatic rings. The van der Waals surface area contributed by atoms with Gasteiger partial charge in [-0.05, 0) is 64.7 Å². The Hall–Kier alpha value is -1.41. The molecule has 167 valence electrons. The van der Waals surface area contributed by atoms with Gasteiger partial charge >= 0.3 is 11.9 Å². The Morgan fingerprint density at radius 2 is 1.57 bits per heavy atom. The maximum atomic E-state index is 13.0. The Balaban J connectivity index is 3.70. The monoisotopic (exact) mass is 454 g/mol. The Labute approximate surface area is 188 Å². The second-order valence-corrected chi connectivity index (χ2v) is 10.7.